The van der Waals surface area contributed by atoms with E-state index in [0.29, 0.717) is 28.8 Å². The van der Waals surface area contributed by atoms with E-state index in [0.717, 1.165) is 27.9 Å². The Bertz CT molecular complexity index is 1250. The Kier molecular flexibility index (Phi) is 7.24. The molecule has 1 unspecified atom stereocenters. The van der Waals surface area contributed by atoms with E-state index in [-0.39, 0.29) is 12.0 Å². The van der Waals surface area contributed by atoms with Crippen LogP contribution >= 0.6 is 23.2 Å². The summed E-state index contributed by atoms with van der Waals surface area (Å²) in [6, 6.07) is 13.3. The van der Waals surface area contributed by atoms with Crippen LogP contribution in [0.25, 0.3) is 10.9 Å². The summed E-state index contributed by atoms with van der Waals surface area (Å²) in [6.45, 7) is 6.25. The minimum atomic E-state index is -0.399. The normalized spacial score (nSPS) is 16.7. The largest absolute Gasteiger partial charge is 0.497 e. The number of fused-ring (bicyclic) bond motifs is 3. The molecule has 1 atom stereocenters. The predicted octanol–water partition coefficient (Wildman–Crippen LogP) is 7.60. The lowest BCUT2D eigenvalue weighted by molar-refractivity contribution is 0.106. The number of methoxy groups -OCH3 is 1. The van der Waals surface area contributed by atoms with Crippen LogP contribution in [0.15, 0.2) is 65.4 Å². The standard InChI is InChI=1S/C27H28Cl2N2O3/c1-16(2)24(12-5-17(3)28)34-27(32)31-14-13-21-22-15-19(29)8-11-23(22)30-25(21)26(31)18-6-9-20(33-4)10-7-18/h5-12,15-16,26,30H,13-14H2,1-4H3/b17-5+,24-12+. The first-order chi connectivity index (χ1) is 16.3. The van der Waals surface area contributed by atoms with Crippen molar-refractivity contribution in [1.29, 1.82) is 0 Å². The molecule has 0 fully saturated rings. The molecule has 0 saturated heterocycles. The Balaban J connectivity index is 1.77. The summed E-state index contributed by atoms with van der Waals surface area (Å²) in [5, 5.41) is 2.38. The van der Waals surface area contributed by atoms with Crippen LogP contribution in [0.4, 0.5) is 4.79 Å². The minimum absolute atomic E-state index is 0.0197. The second-order valence-corrected chi connectivity index (χ2v) is 9.70. The zero-order valence-corrected chi connectivity index (χ0v) is 21.2. The van der Waals surface area contributed by atoms with Gasteiger partial charge in [-0.15, -0.1) is 0 Å². The fourth-order valence-electron chi connectivity index (χ4n) is 4.29. The molecule has 5 nitrogen and oxygen atoms in total. The van der Waals surface area contributed by atoms with Gasteiger partial charge in [0.1, 0.15) is 17.6 Å². The summed E-state index contributed by atoms with van der Waals surface area (Å²) in [7, 11) is 1.63. The number of ether oxygens (including phenoxy) is 2. The van der Waals surface area contributed by atoms with Crippen molar-refractivity contribution in [1.82, 2.24) is 9.88 Å². The topological polar surface area (TPSA) is 54.6 Å². The molecule has 0 aliphatic carbocycles. The number of hydrogen-bond donors (Lipinski definition) is 1. The van der Waals surface area contributed by atoms with E-state index in [1.54, 1.807) is 31.1 Å². The zero-order chi connectivity index (χ0) is 24.4. The van der Waals surface area contributed by atoms with Crippen LogP contribution in [0.5, 0.6) is 5.75 Å². The van der Waals surface area contributed by atoms with Crippen molar-refractivity contribution in [2.75, 3.05) is 13.7 Å². The molecule has 2 aromatic carbocycles. The lowest BCUT2D eigenvalue weighted by Gasteiger charge is -2.35. The van der Waals surface area contributed by atoms with Crippen molar-refractivity contribution in [3.8, 4) is 5.75 Å². The molecule has 0 saturated carbocycles. The van der Waals surface area contributed by atoms with Crippen LogP contribution < -0.4 is 4.74 Å². The van der Waals surface area contributed by atoms with E-state index in [9.17, 15) is 4.79 Å². The summed E-state index contributed by atoms with van der Waals surface area (Å²) in [6.07, 6.45) is 3.79. The Morgan fingerprint density at radius 1 is 1.18 bits per heavy atom. The lowest BCUT2D eigenvalue weighted by Crippen LogP contribution is -2.41. The van der Waals surface area contributed by atoms with Crippen LogP contribution in [-0.4, -0.2) is 29.6 Å². The highest BCUT2D eigenvalue weighted by atomic mass is 35.5. The van der Waals surface area contributed by atoms with Gasteiger partial charge in [-0.2, -0.15) is 0 Å². The van der Waals surface area contributed by atoms with Crippen molar-refractivity contribution in [3.05, 3.63) is 87.3 Å². The molecule has 7 heteroatoms. The van der Waals surface area contributed by atoms with Gasteiger partial charge in [0.2, 0.25) is 0 Å². The van der Waals surface area contributed by atoms with Crippen LogP contribution in [0, 0.1) is 5.92 Å². The van der Waals surface area contributed by atoms with E-state index in [1.165, 1.54) is 5.56 Å². The van der Waals surface area contributed by atoms with Crippen molar-refractivity contribution >= 4 is 40.2 Å². The highest BCUT2D eigenvalue weighted by molar-refractivity contribution is 6.31. The molecular weight excluding hydrogens is 471 g/mol. The maximum Gasteiger partial charge on any atom is 0.415 e. The molecule has 1 aliphatic rings. The number of nitrogens with zero attached hydrogens (tertiary/aromatic N) is 1. The summed E-state index contributed by atoms with van der Waals surface area (Å²) < 4.78 is 11.2. The molecular formula is C27H28Cl2N2O3. The number of nitrogens with one attached hydrogen (secondary N) is 1. The summed E-state index contributed by atoms with van der Waals surface area (Å²) in [5.41, 5.74) is 4.09. The van der Waals surface area contributed by atoms with Crippen LogP contribution in [0.3, 0.4) is 0 Å². The number of benzene rings is 2. The maximum atomic E-state index is 13.5. The van der Waals surface area contributed by atoms with Crippen molar-refractivity contribution < 1.29 is 14.3 Å². The Morgan fingerprint density at radius 3 is 2.56 bits per heavy atom. The monoisotopic (exact) mass is 498 g/mol. The van der Waals surface area contributed by atoms with Crippen molar-refractivity contribution in [3.63, 3.8) is 0 Å². The third-order valence-electron chi connectivity index (χ3n) is 6.01. The van der Waals surface area contributed by atoms with Crippen molar-refractivity contribution in [2.45, 2.75) is 33.2 Å². The van der Waals surface area contributed by atoms with Crippen LogP contribution in [0.1, 0.15) is 43.6 Å². The van der Waals surface area contributed by atoms with Gasteiger partial charge in [0.15, 0.2) is 0 Å². The second-order valence-electron chi connectivity index (χ2n) is 8.67. The number of aromatic nitrogens is 1. The van der Waals surface area contributed by atoms with Crippen LogP contribution in [-0.2, 0) is 11.2 Å². The fourth-order valence-corrected chi connectivity index (χ4v) is 4.53. The van der Waals surface area contributed by atoms with Crippen LogP contribution in [0.2, 0.25) is 5.02 Å². The number of aromatic amines is 1. The molecule has 4 rings (SSSR count). The summed E-state index contributed by atoms with van der Waals surface area (Å²) in [5.74, 6) is 1.34. The summed E-state index contributed by atoms with van der Waals surface area (Å²) in [4.78, 5) is 18.8. The quantitative estimate of drug-likeness (QED) is 0.291. The first-order valence-electron chi connectivity index (χ1n) is 11.2. The number of hydrogen-bond acceptors (Lipinski definition) is 3. The number of carbonyl (C=O) groups excluding carboxylic acids is 1. The molecule has 2 heterocycles. The number of H-pyrrole nitrogens is 1. The fraction of sp³-hybridized carbons (Fsp3) is 0.296. The van der Waals surface area contributed by atoms with Gasteiger partial charge in [-0.05, 0) is 67.0 Å². The highest BCUT2D eigenvalue weighted by Gasteiger charge is 2.36. The molecule has 1 N–H and O–H groups in total. The average molecular weight is 499 g/mol. The van der Waals surface area contributed by atoms with E-state index >= 15 is 0 Å². The molecule has 1 aromatic heterocycles. The van der Waals surface area contributed by atoms with Gasteiger partial charge in [-0.1, -0.05) is 49.2 Å². The van der Waals surface area contributed by atoms with Gasteiger partial charge in [-0.25, -0.2) is 4.79 Å². The average Bonchev–Trinajstić information content (AvgIpc) is 3.18. The molecule has 178 valence electrons. The van der Waals surface area contributed by atoms with Gasteiger partial charge in [0, 0.05) is 39.1 Å². The van der Waals surface area contributed by atoms with Crippen molar-refractivity contribution in [2.24, 2.45) is 5.92 Å². The predicted molar refractivity (Wildman–Crippen MR) is 138 cm³/mol. The van der Waals surface area contributed by atoms with Gasteiger partial charge in [0.25, 0.3) is 0 Å². The molecule has 0 spiro atoms. The van der Waals surface area contributed by atoms with E-state index in [4.69, 9.17) is 32.7 Å². The minimum Gasteiger partial charge on any atom is -0.497 e. The van der Waals surface area contributed by atoms with Gasteiger partial charge < -0.3 is 14.5 Å². The molecule has 3 aromatic rings. The van der Waals surface area contributed by atoms with Gasteiger partial charge in [0.05, 0.1) is 7.11 Å². The molecule has 0 bridgehead atoms. The number of halogens is 2. The van der Waals surface area contributed by atoms with Gasteiger partial charge >= 0.3 is 6.09 Å². The van der Waals surface area contributed by atoms with Gasteiger partial charge in [-0.3, -0.25) is 4.90 Å². The maximum absolute atomic E-state index is 13.5. The molecule has 34 heavy (non-hydrogen) atoms. The number of carbonyl (C=O) groups is 1. The number of allylic oxidation sites excluding steroid dienone is 4. The smallest absolute Gasteiger partial charge is 0.415 e. The highest BCUT2D eigenvalue weighted by Crippen LogP contribution is 2.40. The first kappa shape index (κ1) is 24.2. The Morgan fingerprint density at radius 2 is 1.91 bits per heavy atom. The molecule has 0 radical (unpaired) electrons. The first-order valence-corrected chi connectivity index (χ1v) is 12.0. The summed E-state index contributed by atoms with van der Waals surface area (Å²) >= 11 is 12.3. The Labute approximate surface area is 209 Å². The number of rotatable bonds is 5. The molecule has 1 amide bonds. The SMILES string of the molecule is COc1ccc(C2c3[nH]c4ccc(Cl)cc4c3CCN2C(=O)O/C(=C/C=C(\C)Cl)C(C)C)cc1. The van der Waals surface area contributed by atoms with E-state index < -0.39 is 6.09 Å². The zero-order valence-electron chi connectivity index (χ0n) is 19.7. The molecule has 1 aliphatic heterocycles. The third-order valence-corrected chi connectivity index (χ3v) is 6.37. The second kappa shape index (κ2) is 10.2. The lowest BCUT2D eigenvalue weighted by atomic mass is 9.92. The van der Waals surface area contributed by atoms with E-state index in [1.807, 2.05) is 56.3 Å². The third kappa shape index (κ3) is 4.96. The Hall–Kier alpha value is -2.89. The number of amides is 1. The van der Waals surface area contributed by atoms with E-state index in [2.05, 4.69) is 4.98 Å².